The Kier molecular flexibility index (Phi) is 7.07. The van der Waals surface area contributed by atoms with Gasteiger partial charge in [-0.2, -0.15) is 14.3 Å². The summed E-state index contributed by atoms with van der Waals surface area (Å²) >= 11 is -0.679. The van der Waals surface area contributed by atoms with Gasteiger partial charge in [-0.3, -0.25) is 4.90 Å². The van der Waals surface area contributed by atoms with Gasteiger partial charge in [-0.25, -0.2) is 13.8 Å². The number of rotatable bonds is 6. The smallest absolute Gasteiger partial charge is 0.319 e. The molecule has 5 saturated heterocycles. The Balaban J connectivity index is 1.20. The zero-order valence-corrected chi connectivity index (χ0v) is 26.6. The van der Waals surface area contributed by atoms with Crippen LogP contribution in [0.15, 0.2) is 17.0 Å². The van der Waals surface area contributed by atoms with Crippen molar-refractivity contribution in [1.29, 1.82) is 0 Å². The molecule has 2 aromatic heterocycles. The molecule has 0 amide bonds. The second-order valence-electron chi connectivity index (χ2n) is 12.9. The van der Waals surface area contributed by atoms with E-state index in [0.717, 1.165) is 30.7 Å². The van der Waals surface area contributed by atoms with Crippen molar-refractivity contribution in [2.24, 2.45) is 0 Å². The number of hydrogen-bond acceptors (Lipinski definition) is 13. The van der Waals surface area contributed by atoms with Gasteiger partial charge in [-0.1, -0.05) is 11.3 Å². The quantitative estimate of drug-likeness (QED) is 0.372. The number of benzene rings is 1. The van der Waals surface area contributed by atoms with Gasteiger partial charge in [0.15, 0.2) is 10.9 Å². The summed E-state index contributed by atoms with van der Waals surface area (Å²) in [6.45, 7) is 4.70. The van der Waals surface area contributed by atoms with E-state index in [0.29, 0.717) is 90.4 Å². The number of thiazole rings is 1. The molecule has 2 bridgehead atoms. The minimum absolute atomic E-state index is 0.0250. The second kappa shape index (κ2) is 11.1. The van der Waals surface area contributed by atoms with Crippen LogP contribution in [0, 0.1) is 5.82 Å². The lowest BCUT2D eigenvalue weighted by molar-refractivity contribution is -0.0230. The molecule has 5 fully saturated rings. The highest BCUT2D eigenvalue weighted by molar-refractivity contribution is 7.89. The van der Waals surface area contributed by atoms with Gasteiger partial charge in [0.1, 0.15) is 41.7 Å². The fourth-order valence-corrected chi connectivity index (χ4v) is 10.2. The monoisotopic (exact) mass is 672 g/mol. The molecule has 5 atom stereocenters. The van der Waals surface area contributed by atoms with E-state index < -0.39 is 23.4 Å². The molecule has 46 heavy (non-hydrogen) atoms. The van der Waals surface area contributed by atoms with Crippen LogP contribution in [0.2, 0.25) is 0 Å². The van der Waals surface area contributed by atoms with Crippen molar-refractivity contribution < 1.29 is 27.5 Å². The molecule has 1 aromatic carbocycles. The lowest BCUT2D eigenvalue weighted by Crippen LogP contribution is -2.64. The Hall–Kier alpha value is -2.86. The van der Waals surface area contributed by atoms with E-state index in [1.165, 1.54) is 6.07 Å². The summed E-state index contributed by atoms with van der Waals surface area (Å²) < 4.78 is 64.3. The Morgan fingerprint density at radius 2 is 1.91 bits per heavy atom. The Bertz CT molecular complexity index is 1710. The Morgan fingerprint density at radius 1 is 1.13 bits per heavy atom. The molecule has 12 nitrogen and oxygen atoms in total. The molecule has 0 aliphatic carbocycles. The summed E-state index contributed by atoms with van der Waals surface area (Å²) in [5, 5.41) is 3.73. The molecule has 3 unspecified atom stereocenters. The lowest BCUT2D eigenvalue weighted by Gasteiger charge is -2.47. The molecule has 3 aromatic rings. The van der Waals surface area contributed by atoms with Gasteiger partial charge in [-0.15, -0.1) is 0 Å². The van der Waals surface area contributed by atoms with Crippen LogP contribution in [0.4, 0.5) is 19.7 Å². The molecule has 244 valence electrons. The molecular formula is C30H34F2N8O4S2. The number of halogens is 2. The molecule has 0 radical (unpaired) electrons. The third kappa shape index (κ3) is 4.59. The first-order valence-electron chi connectivity index (χ1n) is 15.7. The second-order valence-corrected chi connectivity index (χ2v) is 15.3. The number of alkyl halides is 1. The number of anilines is 2. The third-order valence-electron chi connectivity index (χ3n) is 10.1. The number of nitrogen functional groups attached to an aromatic ring is 1. The van der Waals surface area contributed by atoms with E-state index in [9.17, 15) is 13.3 Å². The van der Waals surface area contributed by atoms with Crippen LogP contribution in [0.5, 0.6) is 6.01 Å². The van der Waals surface area contributed by atoms with Crippen LogP contribution >= 0.6 is 11.3 Å². The largest absolute Gasteiger partial charge is 0.588 e. The maximum Gasteiger partial charge on any atom is 0.319 e. The highest BCUT2D eigenvalue weighted by Crippen LogP contribution is 2.46. The number of ether oxygens (including phenoxy) is 3. The van der Waals surface area contributed by atoms with Gasteiger partial charge in [0, 0.05) is 31.6 Å². The molecule has 8 heterocycles. The van der Waals surface area contributed by atoms with Gasteiger partial charge >= 0.3 is 6.01 Å². The van der Waals surface area contributed by atoms with Crippen molar-refractivity contribution >= 4 is 55.6 Å². The minimum atomic E-state index is -1.75. The number of nitrogens with two attached hydrogens (primary N) is 1. The van der Waals surface area contributed by atoms with Crippen LogP contribution < -0.4 is 20.7 Å². The number of aromatic nitrogens is 3. The first-order chi connectivity index (χ1) is 22.4. The van der Waals surface area contributed by atoms with Crippen LogP contribution in [0.3, 0.4) is 0 Å². The molecule has 9 rings (SSSR count). The normalized spacial score (nSPS) is 31.2. The number of nitrogens with one attached hydrogen (secondary N) is 1. The Morgan fingerprint density at radius 3 is 2.70 bits per heavy atom. The topological polar surface area (TPSA) is 137 Å². The van der Waals surface area contributed by atoms with E-state index in [-0.39, 0.29) is 41.4 Å². The fourth-order valence-electron chi connectivity index (χ4n) is 7.93. The SMILES string of the molecule is Nc1nc2c(C3=Cc4nc(OC[C@@]56CCCN5C[C@H](F)C6)nc(N5C6CNCC5COC6)c4[S+]([O-])N3C3COC3)ccc(F)c2s1. The van der Waals surface area contributed by atoms with Crippen molar-refractivity contribution in [1.82, 2.24) is 29.5 Å². The lowest BCUT2D eigenvalue weighted by atomic mass is 9.95. The summed E-state index contributed by atoms with van der Waals surface area (Å²) in [5.74, 6) is 0.135. The fraction of sp³-hybridized carbons (Fsp3) is 0.567. The van der Waals surface area contributed by atoms with Crippen LogP contribution in [0.1, 0.15) is 30.5 Å². The van der Waals surface area contributed by atoms with Gasteiger partial charge in [0.25, 0.3) is 0 Å². The summed E-state index contributed by atoms with van der Waals surface area (Å²) in [5.41, 5.74) is 7.70. The molecule has 6 aliphatic heterocycles. The van der Waals surface area contributed by atoms with Gasteiger partial charge < -0.3 is 34.7 Å². The number of piperazine rings is 1. The highest BCUT2D eigenvalue weighted by Gasteiger charge is 2.51. The highest BCUT2D eigenvalue weighted by atomic mass is 32.2. The van der Waals surface area contributed by atoms with Gasteiger partial charge in [0.2, 0.25) is 4.90 Å². The van der Waals surface area contributed by atoms with Crippen molar-refractivity contribution in [2.75, 3.05) is 69.8 Å². The van der Waals surface area contributed by atoms with Crippen molar-refractivity contribution in [3.63, 3.8) is 0 Å². The maximum absolute atomic E-state index is 14.9. The molecule has 0 saturated carbocycles. The predicted octanol–water partition coefficient (Wildman–Crippen LogP) is 2.17. The molecule has 16 heteroatoms. The zero-order chi connectivity index (χ0) is 31.2. The minimum Gasteiger partial charge on any atom is -0.588 e. The molecular weight excluding hydrogens is 639 g/mol. The van der Waals surface area contributed by atoms with E-state index >= 15 is 0 Å². The van der Waals surface area contributed by atoms with E-state index in [4.69, 9.17) is 29.9 Å². The van der Waals surface area contributed by atoms with Gasteiger partial charge in [0.05, 0.1) is 60.0 Å². The first-order valence-corrected chi connectivity index (χ1v) is 17.7. The van der Waals surface area contributed by atoms with Crippen molar-refractivity contribution in [3.8, 4) is 6.01 Å². The van der Waals surface area contributed by atoms with E-state index in [1.54, 1.807) is 6.07 Å². The van der Waals surface area contributed by atoms with E-state index in [1.807, 2.05) is 10.4 Å². The summed E-state index contributed by atoms with van der Waals surface area (Å²) in [4.78, 5) is 19.2. The number of fused-ring (bicyclic) bond motifs is 5. The maximum atomic E-state index is 14.9. The van der Waals surface area contributed by atoms with Crippen LogP contribution in [0.25, 0.3) is 22.0 Å². The third-order valence-corrected chi connectivity index (χ3v) is 12.6. The Labute approximate surface area is 271 Å². The number of nitrogens with zero attached hydrogens (tertiary/aromatic N) is 6. The molecule has 3 N–H and O–H groups in total. The van der Waals surface area contributed by atoms with Crippen molar-refractivity contribution in [3.05, 3.63) is 29.2 Å². The average molecular weight is 673 g/mol. The van der Waals surface area contributed by atoms with Crippen LogP contribution in [-0.2, 0) is 20.8 Å². The first kappa shape index (κ1) is 29.3. The summed E-state index contributed by atoms with van der Waals surface area (Å²) in [6, 6.07) is 2.96. The standard InChI is InChI=1S/C30H34F2N8O4S2/c31-16-7-30(4-1-5-38(30)10-16)15-44-29-35-22-6-23(20-2-3-21(32)25-24(20)36-28(33)45-25)40(19-13-43-14-19)46(41)26(22)27(37-29)39-17-8-34-9-18(39)12-42-11-17/h2-3,6,16-19,34H,1,4-5,7-15H2,(H2,33,36)/t16-,17?,18?,30+,46?/m1/s1. The summed E-state index contributed by atoms with van der Waals surface area (Å²) in [7, 11) is 0. The van der Waals surface area contributed by atoms with E-state index in [2.05, 4.69) is 20.1 Å². The zero-order valence-electron chi connectivity index (χ0n) is 25.0. The molecule has 0 spiro atoms. The number of morpholine rings is 1. The average Bonchev–Trinajstić information content (AvgIpc) is 3.67. The number of hydrogen-bond donors (Lipinski definition) is 2. The molecule has 6 aliphatic rings. The van der Waals surface area contributed by atoms with Crippen molar-refractivity contribution in [2.45, 2.75) is 54.0 Å². The van der Waals surface area contributed by atoms with Gasteiger partial charge in [-0.05, 0) is 37.6 Å². The van der Waals surface area contributed by atoms with Crippen LogP contribution in [-0.4, -0.2) is 118 Å². The summed E-state index contributed by atoms with van der Waals surface area (Å²) in [6.07, 6.45) is 3.26. The predicted molar refractivity (Wildman–Crippen MR) is 169 cm³/mol.